The molecule has 21 heavy (non-hydrogen) atoms. The highest BCUT2D eigenvalue weighted by Gasteiger charge is 2.32. The Labute approximate surface area is 126 Å². The Kier molecular flexibility index (Phi) is 4.20. The lowest BCUT2D eigenvalue weighted by molar-refractivity contribution is 0.265. The van der Waals surface area contributed by atoms with E-state index in [0.717, 1.165) is 5.75 Å². The SMILES string of the molecule is COc1ccccc1C1CC(N[C@H](C)c2cccnc2)C1. The van der Waals surface area contributed by atoms with Gasteiger partial charge in [-0.2, -0.15) is 0 Å². The molecule has 0 saturated heterocycles. The molecule has 1 aliphatic rings. The summed E-state index contributed by atoms with van der Waals surface area (Å²) >= 11 is 0. The van der Waals surface area contributed by atoms with E-state index in [0.29, 0.717) is 18.0 Å². The van der Waals surface area contributed by atoms with Crippen molar-refractivity contribution in [1.29, 1.82) is 0 Å². The molecular formula is C18H22N2O. The van der Waals surface area contributed by atoms with Crippen LogP contribution in [0.1, 0.15) is 42.9 Å². The summed E-state index contributed by atoms with van der Waals surface area (Å²) in [5.74, 6) is 1.63. The van der Waals surface area contributed by atoms with Gasteiger partial charge in [-0.3, -0.25) is 4.98 Å². The number of hydrogen-bond donors (Lipinski definition) is 1. The average Bonchev–Trinajstić information content (AvgIpc) is 2.51. The van der Waals surface area contributed by atoms with Gasteiger partial charge >= 0.3 is 0 Å². The van der Waals surface area contributed by atoms with Crippen molar-refractivity contribution in [1.82, 2.24) is 10.3 Å². The molecule has 1 fully saturated rings. The first-order valence-corrected chi connectivity index (χ1v) is 7.57. The summed E-state index contributed by atoms with van der Waals surface area (Å²) in [7, 11) is 1.75. The van der Waals surface area contributed by atoms with Crippen LogP contribution in [-0.2, 0) is 0 Å². The Bertz CT molecular complexity index is 579. The Morgan fingerprint density at radius 1 is 1.19 bits per heavy atom. The molecule has 0 bridgehead atoms. The van der Waals surface area contributed by atoms with Crippen molar-refractivity contribution in [3.8, 4) is 5.75 Å². The van der Waals surface area contributed by atoms with E-state index in [9.17, 15) is 0 Å². The van der Waals surface area contributed by atoms with Gasteiger partial charge < -0.3 is 10.1 Å². The number of methoxy groups -OCH3 is 1. The summed E-state index contributed by atoms with van der Waals surface area (Å²) in [6.45, 7) is 2.20. The van der Waals surface area contributed by atoms with Crippen LogP contribution in [0.25, 0.3) is 0 Å². The molecule has 3 rings (SSSR count). The minimum absolute atomic E-state index is 0.349. The molecule has 1 heterocycles. The molecule has 0 spiro atoms. The summed E-state index contributed by atoms with van der Waals surface area (Å²) in [4.78, 5) is 4.19. The van der Waals surface area contributed by atoms with Crippen LogP contribution in [0, 0.1) is 0 Å². The summed E-state index contributed by atoms with van der Waals surface area (Å²) < 4.78 is 5.46. The van der Waals surface area contributed by atoms with Crippen LogP contribution >= 0.6 is 0 Å². The predicted octanol–water partition coefficient (Wildman–Crippen LogP) is 3.69. The second kappa shape index (κ2) is 6.27. The van der Waals surface area contributed by atoms with Gasteiger partial charge in [-0.05, 0) is 48.9 Å². The Hall–Kier alpha value is -1.87. The molecule has 0 amide bonds. The van der Waals surface area contributed by atoms with Gasteiger partial charge in [0.25, 0.3) is 0 Å². The number of pyridine rings is 1. The molecular weight excluding hydrogens is 260 g/mol. The number of nitrogens with zero attached hydrogens (tertiary/aromatic N) is 1. The smallest absolute Gasteiger partial charge is 0.122 e. The van der Waals surface area contributed by atoms with Crippen molar-refractivity contribution in [2.24, 2.45) is 0 Å². The predicted molar refractivity (Wildman–Crippen MR) is 84.5 cm³/mol. The molecule has 1 saturated carbocycles. The first-order chi connectivity index (χ1) is 10.3. The first kappa shape index (κ1) is 14.1. The number of nitrogens with one attached hydrogen (secondary N) is 1. The largest absolute Gasteiger partial charge is 0.496 e. The molecule has 1 atom stereocenters. The highest BCUT2D eigenvalue weighted by molar-refractivity contribution is 5.37. The molecule has 2 aromatic rings. The highest BCUT2D eigenvalue weighted by Crippen LogP contribution is 2.41. The molecule has 1 aromatic heterocycles. The monoisotopic (exact) mass is 282 g/mol. The van der Waals surface area contributed by atoms with Crippen LogP contribution in [0.5, 0.6) is 5.75 Å². The van der Waals surface area contributed by atoms with E-state index in [1.807, 2.05) is 30.6 Å². The minimum atomic E-state index is 0.349. The zero-order valence-electron chi connectivity index (χ0n) is 12.6. The molecule has 1 N–H and O–H groups in total. The number of benzene rings is 1. The van der Waals surface area contributed by atoms with Crippen LogP contribution in [0.3, 0.4) is 0 Å². The van der Waals surface area contributed by atoms with Crippen LogP contribution in [-0.4, -0.2) is 18.1 Å². The molecule has 3 heteroatoms. The summed E-state index contributed by atoms with van der Waals surface area (Å²) in [5, 5.41) is 3.69. The maximum absolute atomic E-state index is 5.46. The van der Waals surface area contributed by atoms with E-state index in [-0.39, 0.29) is 0 Å². The van der Waals surface area contributed by atoms with E-state index in [4.69, 9.17) is 4.74 Å². The van der Waals surface area contributed by atoms with E-state index in [2.05, 4.69) is 35.4 Å². The van der Waals surface area contributed by atoms with Gasteiger partial charge in [0.15, 0.2) is 0 Å². The molecule has 110 valence electrons. The van der Waals surface area contributed by atoms with Gasteiger partial charge in [0, 0.05) is 24.5 Å². The second-order valence-corrected chi connectivity index (χ2v) is 5.78. The molecule has 1 aromatic carbocycles. The van der Waals surface area contributed by atoms with Gasteiger partial charge in [-0.15, -0.1) is 0 Å². The zero-order valence-corrected chi connectivity index (χ0v) is 12.6. The van der Waals surface area contributed by atoms with Crippen molar-refractivity contribution in [3.05, 3.63) is 59.9 Å². The Balaban J connectivity index is 1.56. The van der Waals surface area contributed by atoms with Crippen molar-refractivity contribution < 1.29 is 4.74 Å². The summed E-state index contributed by atoms with van der Waals surface area (Å²) in [6.07, 6.45) is 6.10. The van der Waals surface area contributed by atoms with Gasteiger partial charge in [-0.1, -0.05) is 24.3 Å². The zero-order chi connectivity index (χ0) is 14.7. The number of ether oxygens (including phenoxy) is 1. The number of para-hydroxylation sites is 1. The minimum Gasteiger partial charge on any atom is -0.496 e. The lowest BCUT2D eigenvalue weighted by Crippen LogP contribution is -2.41. The van der Waals surface area contributed by atoms with Crippen molar-refractivity contribution in [3.63, 3.8) is 0 Å². The molecule has 3 nitrogen and oxygen atoms in total. The molecule has 0 radical (unpaired) electrons. The van der Waals surface area contributed by atoms with Crippen LogP contribution in [0.15, 0.2) is 48.8 Å². The number of aromatic nitrogens is 1. The fourth-order valence-corrected chi connectivity index (χ4v) is 3.09. The lowest BCUT2D eigenvalue weighted by Gasteiger charge is -2.38. The third kappa shape index (κ3) is 3.08. The average molecular weight is 282 g/mol. The summed E-state index contributed by atoms with van der Waals surface area (Å²) in [6, 6.07) is 13.4. The molecule has 0 aliphatic heterocycles. The maximum atomic E-state index is 5.46. The first-order valence-electron chi connectivity index (χ1n) is 7.57. The van der Waals surface area contributed by atoms with E-state index < -0.39 is 0 Å². The van der Waals surface area contributed by atoms with Gasteiger partial charge in [0.2, 0.25) is 0 Å². The third-order valence-corrected chi connectivity index (χ3v) is 4.39. The number of rotatable bonds is 5. The van der Waals surface area contributed by atoms with Crippen molar-refractivity contribution in [2.45, 2.75) is 37.8 Å². The fraction of sp³-hybridized carbons (Fsp3) is 0.389. The Morgan fingerprint density at radius 3 is 2.71 bits per heavy atom. The second-order valence-electron chi connectivity index (χ2n) is 5.78. The Morgan fingerprint density at radius 2 is 2.00 bits per heavy atom. The maximum Gasteiger partial charge on any atom is 0.122 e. The van der Waals surface area contributed by atoms with E-state index >= 15 is 0 Å². The van der Waals surface area contributed by atoms with Crippen LogP contribution < -0.4 is 10.1 Å². The van der Waals surface area contributed by atoms with Crippen molar-refractivity contribution >= 4 is 0 Å². The fourth-order valence-electron chi connectivity index (χ4n) is 3.09. The quantitative estimate of drug-likeness (QED) is 0.908. The van der Waals surface area contributed by atoms with Crippen LogP contribution in [0.2, 0.25) is 0 Å². The molecule has 1 aliphatic carbocycles. The van der Waals surface area contributed by atoms with Crippen LogP contribution in [0.4, 0.5) is 0 Å². The van der Waals surface area contributed by atoms with Crippen molar-refractivity contribution in [2.75, 3.05) is 7.11 Å². The van der Waals surface area contributed by atoms with E-state index in [1.165, 1.54) is 24.0 Å². The standard InChI is InChI=1S/C18H22N2O/c1-13(14-6-5-9-19-12-14)20-16-10-15(11-16)17-7-3-4-8-18(17)21-2/h3-9,12-13,15-16,20H,10-11H2,1-2H3/t13-,15?,16?/m1/s1. The third-order valence-electron chi connectivity index (χ3n) is 4.39. The lowest BCUT2D eigenvalue weighted by atomic mass is 9.75. The topological polar surface area (TPSA) is 34.1 Å². The van der Waals surface area contributed by atoms with E-state index in [1.54, 1.807) is 7.11 Å². The van der Waals surface area contributed by atoms with Gasteiger partial charge in [0.1, 0.15) is 5.75 Å². The normalized spacial score (nSPS) is 22.4. The summed E-state index contributed by atoms with van der Waals surface area (Å²) in [5.41, 5.74) is 2.59. The molecule has 0 unspecified atom stereocenters. The van der Waals surface area contributed by atoms with Gasteiger partial charge in [-0.25, -0.2) is 0 Å². The van der Waals surface area contributed by atoms with Gasteiger partial charge in [0.05, 0.1) is 7.11 Å². The number of hydrogen-bond acceptors (Lipinski definition) is 3. The highest BCUT2D eigenvalue weighted by atomic mass is 16.5.